The number of halogens is 1. The summed E-state index contributed by atoms with van der Waals surface area (Å²) in [4.78, 5) is 19.0. The summed E-state index contributed by atoms with van der Waals surface area (Å²) in [6.07, 6.45) is 1.03. The standard InChI is InChI=1S/C21H23ClN2O3/c1-3-27-18-9-7-15(13-19(18)26-2)8-10-20(25)24-12-11-23-21(24)16-5-4-6-17(22)14-16/h4-7,9,13-14H,3,8,10-12H2,1-2H3. The smallest absolute Gasteiger partial charge is 0.228 e. The molecular formula is C21H23ClN2O3. The Kier molecular flexibility index (Phi) is 6.35. The molecule has 0 saturated carbocycles. The third-order valence-electron chi connectivity index (χ3n) is 4.38. The van der Waals surface area contributed by atoms with Crippen LogP contribution < -0.4 is 9.47 Å². The van der Waals surface area contributed by atoms with Gasteiger partial charge in [0.1, 0.15) is 5.84 Å². The van der Waals surface area contributed by atoms with Crippen molar-refractivity contribution < 1.29 is 14.3 Å². The summed E-state index contributed by atoms with van der Waals surface area (Å²) in [6.45, 7) is 3.73. The lowest BCUT2D eigenvalue weighted by atomic mass is 10.1. The Morgan fingerprint density at radius 3 is 2.81 bits per heavy atom. The van der Waals surface area contributed by atoms with Gasteiger partial charge in [-0.1, -0.05) is 29.8 Å². The molecule has 27 heavy (non-hydrogen) atoms. The lowest BCUT2D eigenvalue weighted by molar-refractivity contribution is -0.126. The van der Waals surface area contributed by atoms with Crippen LogP contribution in [0.5, 0.6) is 11.5 Å². The van der Waals surface area contributed by atoms with Gasteiger partial charge in [-0.25, -0.2) is 0 Å². The normalized spacial score (nSPS) is 13.4. The fourth-order valence-electron chi connectivity index (χ4n) is 3.09. The Morgan fingerprint density at radius 2 is 2.07 bits per heavy atom. The molecule has 1 aliphatic heterocycles. The predicted molar refractivity (Wildman–Crippen MR) is 107 cm³/mol. The minimum absolute atomic E-state index is 0.0547. The van der Waals surface area contributed by atoms with Crippen molar-refractivity contribution in [3.05, 3.63) is 58.6 Å². The van der Waals surface area contributed by atoms with E-state index in [0.29, 0.717) is 54.9 Å². The molecular weight excluding hydrogens is 364 g/mol. The van der Waals surface area contributed by atoms with Crippen LogP contribution >= 0.6 is 11.6 Å². The number of benzene rings is 2. The third kappa shape index (κ3) is 4.61. The highest BCUT2D eigenvalue weighted by Gasteiger charge is 2.24. The summed E-state index contributed by atoms with van der Waals surface area (Å²) in [5.41, 5.74) is 1.90. The van der Waals surface area contributed by atoms with Gasteiger partial charge in [0.05, 0.1) is 20.3 Å². The van der Waals surface area contributed by atoms with Crippen molar-refractivity contribution >= 4 is 23.3 Å². The van der Waals surface area contributed by atoms with Crippen LogP contribution in [0, 0.1) is 0 Å². The molecule has 2 aromatic carbocycles. The Morgan fingerprint density at radius 1 is 1.22 bits per heavy atom. The van der Waals surface area contributed by atoms with E-state index in [1.54, 1.807) is 12.0 Å². The Balaban J connectivity index is 1.66. The maximum Gasteiger partial charge on any atom is 0.228 e. The molecule has 1 aliphatic rings. The zero-order valence-corrected chi connectivity index (χ0v) is 16.3. The number of rotatable bonds is 7. The molecule has 0 bridgehead atoms. The molecule has 0 aliphatic carbocycles. The van der Waals surface area contributed by atoms with Crippen LogP contribution in [-0.4, -0.2) is 43.4 Å². The number of hydrogen-bond donors (Lipinski definition) is 0. The van der Waals surface area contributed by atoms with Crippen molar-refractivity contribution in [3.63, 3.8) is 0 Å². The number of aliphatic imine (C=N–C) groups is 1. The van der Waals surface area contributed by atoms with E-state index in [-0.39, 0.29) is 5.91 Å². The van der Waals surface area contributed by atoms with Gasteiger partial charge in [-0.15, -0.1) is 0 Å². The highest BCUT2D eigenvalue weighted by Crippen LogP contribution is 2.28. The zero-order chi connectivity index (χ0) is 19.2. The van der Waals surface area contributed by atoms with Crippen molar-refractivity contribution in [1.29, 1.82) is 0 Å². The first-order valence-electron chi connectivity index (χ1n) is 9.03. The number of amides is 1. The molecule has 0 N–H and O–H groups in total. The minimum atomic E-state index is 0.0547. The van der Waals surface area contributed by atoms with Crippen LogP contribution in [0.4, 0.5) is 0 Å². The Hall–Kier alpha value is -2.53. The molecule has 3 rings (SSSR count). The monoisotopic (exact) mass is 386 g/mol. The van der Waals surface area contributed by atoms with Crippen LogP contribution in [0.1, 0.15) is 24.5 Å². The first-order chi connectivity index (χ1) is 13.1. The number of aryl methyl sites for hydroxylation is 1. The van der Waals surface area contributed by atoms with Crippen LogP contribution in [0.25, 0.3) is 0 Å². The summed E-state index contributed by atoms with van der Waals surface area (Å²) in [7, 11) is 1.62. The van der Waals surface area contributed by atoms with Crippen molar-refractivity contribution in [2.75, 3.05) is 26.8 Å². The Labute approximate surface area is 164 Å². The predicted octanol–water partition coefficient (Wildman–Crippen LogP) is 3.97. The van der Waals surface area contributed by atoms with Gasteiger partial charge in [0, 0.05) is 23.6 Å². The maximum atomic E-state index is 12.8. The van der Waals surface area contributed by atoms with E-state index in [2.05, 4.69) is 4.99 Å². The van der Waals surface area contributed by atoms with Gasteiger partial charge in [-0.3, -0.25) is 14.7 Å². The minimum Gasteiger partial charge on any atom is -0.493 e. The van der Waals surface area contributed by atoms with Gasteiger partial charge >= 0.3 is 0 Å². The van der Waals surface area contributed by atoms with Crippen molar-refractivity contribution in [2.45, 2.75) is 19.8 Å². The fourth-order valence-corrected chi connectivity index (χ4v) is 3.28. The number of nitrogens with zero attached hydrogens (tertiary/aromatic N) is 2. The molecule has 1 amide bonds. The van der Waals surface area contributed by atoms with Gasteiger partial charge in [0.2, 0.25) is 5.91 Å². The molecule has 0 saturated heterocycles. The van der Waals surface area contributed by atoms with E-state index in [9.17, 15) is 4.79 Å². The van der Waals surface area contributed by atoms with Crippen LogP contribution in [0.15, 0.2) is 47.5 Å². The van der Waals surface area contributed by atoms with Crippen molar-refractivity contribution in [3.8, 4) is 11.5 Å². The third-order valence-corrected chi connectivity index (χ3v) is 4.62. The van der Waals surface area contributed by atoms with E-state index in [0.717, 1.165) is 11.1 Å². The summed E-state index contributed by atoms with van der Waals surface area (Å²) in [6, 6.07) is 13.2. The molecule has 6 heteroatoms. The molecule has 0 fully saturated rings. The van der Waals surface area contributed by atoms with E-state index in [4.69, 9.17) is 21.1 Å². The molecule has 142 valence electrons. The van der Waals surface area contributed by atoms with Gasteiger partial charge in [-0.05, 0) is 43.2 Å². The number of amidine groups is 1. The van der Waals surface area contributed by atoms with Crippen LogP contribution in [-0.2, 0) is 11.2 Å². The van der Waals surface area contributed by atoms with E-state index in [1.807, 2.05) is 49.4 Å². The summed E-state index contributed by atoms with van der Waals surface area (Å²) < 4.78 is 10.9. The zero-order valence-electron chi connectivity index (χ0n) is 15.6. The molecule has 0 unspecified atom stereocenters. The van der Waals surface area contributed by atoms with Crippen LogP contribution in [0.3, 0.4) is 0 Å². The molecule has 0 atom stereocenters. The summed E-state index contributed by atoms with van der Waals surface area (Å²) in [5, 5.41) is 0.635. The number of carbonyl (C=O) groups excluding carboxylic acids is 1. The van der Waals surface area contributed by atoms with Gasteiger partial charge in [0.25, 0.3) is 0 Å². The second-order valence-corrected chi connectivity index (χ2v) is 6.62. The second kappa shape index (κ2) is 8.91. The van der Waals surface area contributed by atoms with E-state index < -0.39 is 0 Å². The number of ether oxygens (including phenoxy) is 2. The lowest BCUT2D eigenvalue weighted by Gasteiger charge is -2.19. The quantitative estimate of drug-likeness (QED) is 0.723. The SMILES string of the molecule is CCOc1ccc(CCC(=O)N2CCN=C2c2cccc(Cl)c2)cc1OC. The average Bonchev–Trinajstić information content (AvgIpc) is 3.17. The van der Waals surface area contributed by atoms with Crippen molar-refractivity contribution in [2.24, 2.45) is 4.99 Å². The van der Waals surface area contributed by atoms with Crippen molar-refractivity contribution in [1.82, 2.24) is 4.90 Å². The fraction of sp³-hybridized carbons (Fsp3) is 0.333. The molecule has 0 aromatic heterocycles. The topological polar surface area (TPSA) is 51.1 Å². The number of methoxy groups -OCH3 is 1. The number of carbonyl (C=O) groups is 1. The maximum absolute atomic E-state index is 12.8. The van der Waals surface area contributed by atoms with E-state index >= 15 is 0 Å². The second-order valence-electron chi connectivity index (χ2n) is 6.18. The van der Waals surface area contributed by atoms with Gasteiger partial charge in [0.15, 0.2) is 11.5 Å². The molecule has 1 heterocycles. The average molecular weight is 387 g/mol. The number of hydrogen-bond acceptors (Lipinski definition) is 4. The highest BCUT2D eigenvalue weighted by atomic mass is 35.5. The molecule has 2 aromatic rings. The first-order valence-corrected chi connectivity index (χ1v) is 9.40. The molecule has 0 spiro atoms. The summed E-state index contributed by atoms with van der Waals surface area (Å²) >= 11 is 6.07. The van der Waals surface area contributed by atoms with Gasteiger partial charge < -0.3 is 9.47 Å². The highest BCUT2D eigenvalue weighted by molar-refractivity contribution is 6.31. The summed E-state index contributed by atoms with van der Waals surface area (Å²) in [5.74, 6) is 2.15. The molecule has 0 radical (unpaired) electrons. The first kappa shape index (κ1) is 19.2. The Bertz CT molecular complexity index is 851. The van der Waals surface area contributed by atoms with Crippen LogP contribution in [0.2, 0.25) is 5.02 Å². The largest absolute Gasteiger partial charge is 0.493 e. The lowest BCUT2D eigenvalue weighted by Crippen LogP contribution is -2.35. The van der Waals surface area contributed by atoms with Gasteiger partial charge in [-0.2, -0.15) is 0 Å². The van der Waals surface area contributed by atoms with E-state index in [1.165, 1.54) is 0 Å². The molecule has 5 nitrogen and oxygen atoms in total.